The van der Waals surface area contributed by atoms with E-state index >= 15 is 0 Å². The van der Waals surface area contributed by atoms with Gasteiger partial charge in [0, 0.05) is 51.3 Å². The Morgan fingerprint density at radius 1 is 0.792 bits per heavy atom. The average molecular weight is 785 g/mol. The van der Waals surface area contributed by atoms with Crippen LogP contribution in [0.4, 0.5) is 8.78 Å². The Morgan fingerprint density at radius 3 is 2.00 bits per heavy atom. The number of aromatic nitrogens is 1. The second-order valence-corrected chi connectivity index (χ2v) is 13.2. The van der Waals surface area contributed by atoms with Gasteiger partial charge in [0.05, 0.1) is 12.3 Å². The van der Waals surface area contributed by atoms with Crippen LogP contribution >= 0.6 is 17.0 Å². The molecule has 0 bridgehead atoms. The van der Waals surface area contributed by atoms with Gasteiger partial charge in [-0.25, -0.2) is 13.8 Å². The molecule has 7 nitrogen and oxygen atoms in total. The topological polar surface area (TPSA) is 64.1 Å². The lowest BCUT2D eigenvalue weighted by Crippen LogP contribution is -2.47. The van der Waals surface area contributed by atoms with Crippen molar-refractivity contribution in [1.82, 2.24) is 14.8 Å². The van der Waals surface area contributed by atoms with E-state index in [0.717, 1.165) is 48.3 Å². The van der Waals surface area contributed by atoms with Crippen molar-refractivity contribution >= 4 is 29.0 Å². The molecule has 1 saturated heterocycles. The Morgan fingerprint density at radius 2 is 1.38 bits per heavy atom. The highest BCUT2D eigenvalue weighted by atomic mass is 79.9. The van der Waals surface area contributed by atoms with E-state index in [0.29, 0.717) is 42.8 Å². The van der Waals surface area contributed by atoms with Crippen molar-refractivity contribution in [3.05, 3.63) is 154 Å². The largest absolute Gasteiger partial charge is 0.490 e. The van der Waals surface area contributed by atoms with Crippen LogP contribution in [0.5, 0.6) is 23.1 Å². The number of rotatable bonds is 13. The van der Waals surface area contributed by atoms with Crippen LogP contribution in [0.1, 0.15) is 40.3 Å². The monoisotopic (exact) mass is 783 g/mol. The zero-order valence-corrected chi connectivity index (χ0v) is 31.8. The molecule has 0 saturated carbocycles. The maximum absolute atomic E-state index is 13.2. The molecule has 1 aliphatic rings. The van der Waals surface area contributed by atoms with Gasteiger partial charge >= 0.3 is 0 Å². The summed E-state index contributed by atoms with van der Waals surface area (Å²) in [7, 11) is 0. The van der Waals surface area contributed by atoms with Crippen molar-refractivity contribution in [3.8, 4) is 23.1 Å². The summed E-state index contributed by atoms with van der Waals surface area (Å²) in [5.41, 5.74) is 6.06. The molecule has 6 rings (SSSR count). The highest BCUT2D eigenvalue weighted by Crippen LogP contribution is 2.30. The Balaban J connectivity index is 0.00000541. The molecule has 1 unspecified atom stereocenters. The standard InChI is InChI=1S/C43H43F2N3O4.BrH/c1-30-24-36(25-31(2)43(30)52-41-18-17-40(27-46-41)50-29-35-8-11-37(44)12-9-35)10-19-42(49)48-22-20-47(21-23-48)28-34-6-4-33(5-7-34)26-32(3)51-39-15-13-38(45)14-16-39;/h4-19,24-25,27,32H,20-23,26,28-29H2,1-3H3;1H. The van der Waals surface area contributed by atoms with E-state index in [4.69, 9.17) is 14.2 Å². The predicted octanol–water partition coefficient (Wildman–Crippen LogP) is 9.29. The van der Waals surface area contributed by atoms with E-state index < -0.39 is 0 Å². The Kier molecular flexibility index (Phi) is 13.8. The number of hydrogen-bond acceptors (Lipinski definition) is 6. The van der Waals surface area contributed by atoms with Gasteiger partial charge in [0.25, 0.3) is 0 Å². The molecular formula is C43H44BrF2N3O4. The molecule has 2 heterocycles. The average Bonchev–Trinajstić information content (AvgIpc) is 3.14. The number of benzene rings is 4. The Bertz CT molecular complexity index is 1940. The quantitative estimate of drug-likeness (QED) is 0.111. The number of halogens is 3. The molecule has 53 heavy (non-hydrogen) atoms. The van der Waals surface area contributed by atoms with E-state index in [9.17, 15) is 13.6 Å². The first-order chi connectivity index (χ1) is 25.2. The van der Waals surface area contributed by atoms with Gasteiger partial charge in [0.1, 0.15) is 35.5 Å². The molecule has 1 fully saturated rings. The summed E-state index contributed by atoms with van der Waals surface area (Å²) in [5, 5.41) is 0. The van der Waals surface area contributed by atoms with Crippen molar-refractivity contribution < 1.29 is 27.8 Å². The molecule has 0 radical (unpaired) electrons. The molecule has 1 aliphatic heterocycles. The SMILES string of the molecule is Br.Cc1cc(C=CC(=O)N2CCN(Cc3ccc(CC(C)Oc4ccc(F)cc4)cc3)CC2)cc(C)c1Oc1ccc(OCc2ccc(F)cc2)cn1. The fraction of sp³-hybridized carbons (Fsp3) is 0.256. The fourth-order valence-electron chi connectivity index (χ4n) is 6.16. The van der Waals surface area contributed by atoms with Crippen LogP contribution in [0.25, 0.3) is 6.08 Å². The molecule has 0 spiro atoms. The third-order valence-corrected chi connectivity index (χ3v) is 8.92. The zero-order chi connectivity index (χ0) is 36.5. The van der Waals surface area contributed by atoms with Crippen LogP contribution in [0.3, 0.4) is 0 Å². The minimum Gasteiger partial charge on any atom is -0.490 e. The second-order valence-electron chi connectivity index (χ2n) is 13.2. The summed E-state index contributed by atoms with van der Waals surface area (Å²) >= 11 is 0. The molecule has 0 aliphatic carbocycles. The highest BCUT2D eigenvalue weighted by Gasteiger charge is 2.20. The van der Waals surface area contributed by atoms with E-state index in [1.807, 2.05) is 43.9 Å². The van der Waals surface area contributed by atoms with Crippen LogP contribution < -0.4 is 14.2 Å². The van der Waals surface area contributed by atoms with Gasteiger partial charge in [-0.15, -0.1) is 17.0 Å². The molecule has 10 heteroatoms. The highest BCUT2D eigenvalue weighted by molar-refractivity contribution is 8.93. The Hall–Kier alpha value is -5.06. The number of carbonyl (C=O) groups is 1. The number of hydrogen-bond donors (Lipinski definition) is 0. The minimum atomic E-state index is -0.282. The van der Waals surface area contributed by atoms with E-state index in [2.05, 4.69) is 34.1 Å². The molecule has 0 N–H and O–H groups in total. The number of nitrogens with zero attached hydrogens (tertiary/aromatic N) is 3. The van der Waals surface area contributed by atoms with Crippen molar-refractivity contribution in [2.45, 2.75) is 46.4 Å². The summed E-state index contributed by atoms with van der Waals surface area (Å²) in [5.74, 6) is 1.85. The van der Waals surface area contributed by atoms with E-state index in [1.165, 1.54) is 35.4 Å². The first kappa shape index (κ1) is 39.2. The van der Waals surface area contributed by atoms with Gasteiger partial charge in [-0.1, -0.05) is 36.4 Å². The van der Waals surface area contributed by atoms with E-state index in [1.54, 1.807) is 48.7 Å². The fourth-order valence-corrected chi connectivity index (χ4v) is 6.16. The van der Waals surface area contributed by atoms with Gasteiger partial charge in [-0.05, 0) is 115 Å². The van der Waals surface area contributed by atoms with Crippen LogP contribution in [0.15, 0.2) is 109 Å². The van der Waals surface area contributed by atoms with Crippen molar-refractivity contribution in [1.29, 1.82) is 0 Å². The third kappa shape index (κ3) is 11.5. The van der Waals surface area contributed by atoms with Crippen LogP contribution in [0, 0.1) is 25.5 Å². The van der Waals surface area contributed by atoms with Crippen LogP contribution in [-0.2, 0) is 24.4 Å². The number of amides is 1. The number of aryl methyl sites for hydroxylation is 2. The lowest BCUT2D eigenvalue weighted by molar-refractivity contribution is -0.127. The molecule has 4 aromatic carbocycles. The first-order valence-electron chi connectivity index (χ1n) is 17.5. The normalized spacial score (nSPS) is 13.7. The van der Waals surface area contributed by atoms with Crippen LogP contribution in [0.2, 0.25) is 0 Å². The number of carbonyl (C=O) groups excluding carboxylic acids is 1. The maximum Gasteiger partial charge on any atom is 0.246 e. The van der Waals surface area contributed by atoms with Gasteiger partial charge in [-0.2, -0.15) is 0 Å². The van der Waals surface area contributed by atoms with Gasteiger partial charge in [0.15, 0.2) is 0 Å². The van der Waals surface area contributed by atoms with Gasteiger partial charge in [-0.3, -0.25) is 9.69 Å². The molecule has 5 aromatic rings. The third-order valence-electron chi connectivity index (χ3n) is 8.92. The molecular weight excluding hydrogens is 740 g/mol. The first-order valence-corrected chi connectivity index (χ1v) is 17.5. The number of ether oxygens (including phenoxy) is 3. The summed E-state index contributed by atoms with van der Waals surface area (Å²) in [6.07, 6.45) is 5.83. The lowest BCUT2D eigenvalue weighted by atomic mass is 10.0. The Labute approximate surface area is 320 Å². The zero-order valence-electron chi connectivity index (χ0n) is 30.1. The maximum atomic E-state index is 13.2. The lowest BCUT2D eigenvalue weighted by Gasteiger charge is -2.34. The summed E-state index contributed by atoms with van der Waals surface area (Å²) < 4.78 is 44.1. The predicted molar refractivity (Wildman–Crippen MR) is 209 cm³/mol. The number of pyridine rings is 1. The molecule has 1 amide bonds. The van der Waals surface area contributed by atoms with Crippen molar-refractivity contribution in [2.24, 2.45) is 0 Å². The van der Waals surface area contributed by atoms with E-state index in [-0.39, 0.29) is 40.6 Å². The minimum absolute atomic E-state index is 0. The van der Waals surface area contributed by atoms with Crippen LogP contribution in [-0.4, -0.2) is 53.0 Å². The number of piperazine rings is 1. The molecule has 276 valence electrons. The molecule has 1 atom stereocenters. The van der Waals surface area contributed by atoms with Crippen molar-refractivity contribution in [2.75, 3.05) is 26.2 Å². The summed E-state index contributed by atoms with van der Waals surface area (Å²) in [6.45, 7) is 10.1. The summed E-state index contributed by atoms with van der Waals surface area (Å²) in [4.78, 5) is 21.7. The van der Waals surface area contributed by atoms with Gasteiger partial charge < -0.3 is 19.1 Å². The smallest absolute Gasteiger partial charge is 0.246 e. The molecule has 1 aromatic heterocycles. The summed E-state index contributed by atoms with van der Waals surface area (Å²) in [6, 6.07) is 28.4. The van der Waals surface area contributed by atoms with Gasteiger partial charge in [0.2, 0.25) is 11.8 Å². The second kappa shape index (κ2) is 18.6. The van der Waals surface area contributed by atoms with Crippen molar-refractivity contribution in [3.63, 3.8) is 0 Å².